The van der Waals surface area contributed by atoms with Crippen molar-refractivity contribution in [3.8, 4) is 0 Å². The van der Waals surface area contributed by atoms with E-state index >= 15 is 0 Å². The lowest BCUT2D eigenvalue weighted by Crippen LogP contribution is -2.50. The number of hydrogen-bond acceptors (Lipinski definition) is 4. The van der Waals surface area contributed by atoms with E-state index < -0.39 is 5.82 Å². The van der Waals surface area contributed by atoms with Crippen molar-refractivity contribution in [1.82, 2.24) is 9.80 Å². The number of nitrogens with zero attached hydrogens (tertiary/aromatic N) is 3. The third kappa shape index (κ3) is 5.11. The van der Waals surface area contributed by atoms with E-state index in [0.717, 1.165) is 24.4 Å². The molecule has 178 valence electrons. The minimum Gasteiger partial charge on any atom is -0.370 e. The third-order valence-corrected chi connectivity index (χ3v) is 6.24. The first kappa shape index (κ1) is 23.1. The Morgan fingerprint density at radius 3 is 2.15 bits per heavy atom. The van der Waals surface area contributed by atoms with Gasteiger partial charge in [0, 0.05) is 61.8 Å². The third-order valence-electron chi connectivity index (χ3n) is 6.24. The van der Waals surface area contributed by atoms with Crippen LogP contribution in [0.15, 0.2) is 48.5 Å². The molecule has 2 aromatic carbocycles. The summed E-state index contributed by atoms with van der Waals surface area (Å²) in [7, 11) is 0. The molecule has 9 nitrogen and oxygen atoms in total. The number of anilines is 2. The summed E-state index contributed by atoms with van der Waals surface area (Å²) in [6.07, 6.45) is 2.45. The van der Waals surface area contributed by atoms with Crippen molar-refractivity contribution in [3.63, 3.8) is 0 Å². The van der Waals surface area contributed by atoms with Crippen molar-refractivity contribution in [2.24, 2.45) is 11.5 Å². The van der Waals surface area contributed by atoms with E-state index in [0.29, 0.717) is 43.9 Å². The number of rotatable bonds is 4. The molecule has 0 aliphatic carbocycles. The molecule has 4 rings (SSSR count). The minimum absolute atomic E-state index is 0.00591. The van der Waals surface area contributed by atoms with Crippen LogP contribution in [0.2, 0.25) is 0 Å². The van der Waals surface area contributed by atoms with Gasteiger partial charge in [-0.25, -0.2) is 4.39 Å². The SMILES string of the molecule is N=C(N)N1CC=C(c2ccc(C(=O)Nc3ccc(N4CCN(C(=N)N)CC4)cc3)cc2F)CC1. The number of nitrogens with two attached hydrogens (primary N) is 2. The number of benzene rings is 2. The highest BCUT2D eigenvalue weighted by Gasteiger charge is 2.19. The van der Waals surface area contributed by atoms with Gasteiger partial charge in [-0.2, -0.15) is 0 Å². The molecule has 2 aromatic rings. The second-order valence-electron chi connectivity index (χ2n) is 8.37. The van der Waals surface area contributed by atoms with Gasteiger partial charge in [0.25, 0.3) is 5.91 Å². The van der Waals surface area contributed by atoms with E-state index in [1.807, 2.05) is 35.2 Å². The highest BCUT2D eigenvalue weighted by molar-refractivity contribution is 6.04. The van der Waals surface area contributed by atoms with Gasteiger partial charge in [0.15, 0.2) is 11.9 Å². The summed E-state index contributed by atoms with van der Waals surface area (Å²) in [6.45, 7) is 3.95. The van der Waals surface area contributed by atoms with Crippen LogP contribution in [0.4, 0.5) is 15.8 Å². The molecule has 0 aromatic heterocycles. The minimum atomic E-state index is -0.449. The van der Waals surface area contributed by atoms with Crippen LogP contribution in [0.25, 0.3) is 5.57 Å². The summed E-state index contributed by atoms with van der Waals surface area (Å²) in [5.41, 5.74) is 14.3. The number of hydrogen-bond donors (Lipinski definition) is 5. The Labute approximate surface area is 197 Å². The lowest BCUT2D eigenvalue weighted by atomic mass is 9.97. The highest BCUT2D eigenvalue weighted by Crippen LogP contribution is 2.26. The van der Waals surface area contributed by atoms with E-state index in [4.69, 9.17) is 22.3 Å². The molecule has 2 aliphatic rings. The normalized spacial score (nSPS) is 16.1. The van der Waals surface area contributed by atoms with Crippen LogP contribution in [-0.4, -0.2) is 66.9 Å². The number of nitrogens with one attached hydrogen (secondary N) is 3. The van der Waals surface area contributed by atoms with Crippen molar-refractivity contribution in [3.05, 3.63) is 65.5 Å². The topological polar surface area (TPSA) is 139 Å². The second kappa shape index (κ2) is 9.82. The van der Waals surface area contributed by atoms with Crippen LogP contribution in [0.3, 0.4) is 0 Å². The fourth-order valence-electron chi connectivity index (χ4n) is 4.21. The zero-order valence-corrected chi connectivity index (χ0v) is 18.9. The molecule has 2 aliphatic heterocycles. The summed E-state index contributed by atoms with van der Waals surface area (Å²) in [5, 5.41) is 17.8. The van der Waals surface area contributed by atoms with Gasteiger partial charge in [-0.1, -0.05) is 12.1 Å². The first-order valence-corrected chi connectivity index (χ1v) is 11.1. The lowest BCUT2D eigenvalue weighted by Gasteiger charge is -2.36. The van der Waals surface area contributed by atoms with Crippen LogP contribution >= 0.6 is 0 Å². The standard InChI is InChI=1S/C24H29FN8O/c25-21-15-17(1-6-20(21)16-7-9-32(10-8-16)23(26)27)22(34)30-18-2-4-19(5-3-18)31-11-13-33(14-12-31)24(28)29/h1-7,15H,8-14H2,(H3,26,27)(H3,28,29)(H,30,34). The molecule has 34 heavy (non-hydrogen) atoms. The molecule has 10 heteroatoms. The molecule has 2 heterocycles. The van der Waals surface area contributed by atoms with E-state index in [9.17, 15) is 9.18 Å². The summed E-state index contributed by atoms with van der Waals surface area (Å²) in [5.74, 6) is -0.729. The first-order chi connectivity index (χ1) is 16.3. The average Bonchev–Trinajstić information content (AvgIpc) is 2.84. The second-order valence-corrected chi connectivity index (χ2v) is 8.37. The van der Waals surface area contributed by atoms with E-state index in [-0.39, 0.29) is 23.4 Å². The number of carbonyl (C=O) groups is 1. The van der Waals surface area contributed by atoms with Crippen molar-refractivity contribution in [2.45, 2.75) is 6.42 Å². The number of amides is 1. The van der Waals surface area contributed by atoms with Gasteiger partial charge in [-0.3, -0.25) is 15.6 Å². The first-order valence-electron chi connectivity index (χ1n) is 11.1. The van der Waals surface area contributed by atoms with Gasteiger partial charge in [-0.05, 0) is 48.4 Å². The van der Waals surface area contributed by atoms with Crippen molar-refractivity contribution >= 4 is 34.8 Å². The number of guanidine groups is 2. The van der Waals surface area contributed by atoms with Crippen LogP contribution in [0.1, 0.15) is 22.3 Å². The number of piperazine rings is 1. The fraction of sp³-hybridized carbons (Fsp3) is 0.292. The smallest absolute Gasteiger partial charge is 0.255 e. The van der Waals surface area contributed by atoms with E-state index in [1.165, 1.54) is 6.07 Å². The monoisotopic (exact) mass is 464 g/mol. The fourth-order valence-corrected chi connectivity index (χ4v) is 4.21. The van der Waals surface area contributed by atoms with Gasteiger partial charge >= 0.3 is 0 Å². The molecule has 7 N–H and O–H groups in total. The van der Waals surface area contributed by atoms with Crippen LogP contribution < -0.4 is 21.7 Å². The predicted molar refractivity (Wildman–Crippen MR) is 133 cm³/mol. The van der Waals surface area contributed by atoms with Crippen molar-refractivity contribution in [2.75, 3.05) is 49.5 Å². The molecule has 1 amide bonds. The van der Waals surface area contributed by atoms with Gasteiger partial charge in [-0.15, -0.1) is 0 Å². The maximum absolute atomic E-state index is 14.8. The molecule has 0 saturated carbocycles. The van der Waals surface area contributed by atoms with Gasteiger partial charge < -0.3 is 31.5 Å². The Kier molecular flexibility index (Phi) is 6.67. The molecule has 0 unspecified atom stereocenters. The summed E-state index contributed by atoms with van der Waals surface area (Å²) >= 11 is 0. The Balaban J connectivity index is 1.37. The average molecular weight is 465 g/mol. The molecule has 0 bridgehead atoms. The molecule has 0 radical (unpaired) electrons. The van der Waals surface area contributed by atoms with Crippen molar-refractivity contribution < 1.29 is 9.18 Å². The van der Waals surface area contributed by atoms with Crippen molar-refractivity contribution in [1.29, 1.82) is 10.8 Å². The zero-order chi connectivity index (χ0) is 24.2. The summed E-state index contributed by atoms with van der Waals surface area (Å²) in [6, 6.07) is 12.0. The quantitative estimate of drug-likeness (QED) is 0.347. The summed E-state index contributed by atoms with van der Waals surface area (Å²) < 4.78 is 14.8. The molecule has 0 atom stereocenters. The van der Waals surface area contributed by atoms with E-state index in [2.05, 4.69) is 10.2 Å². The summed E-state index contributed by atoms with van der Waals surface area (Å²) in [4.78, 5) is 18.4. The Hall–Kier alpha value is -4.08. The molecular formula is C24H29FN8O. The van der Waals surface area contributed by atoms with Crippen LogP contribution in [-0.2, 0) is 0 Å². The number of carbonyl (C=O) groups excluding carboxylic acids is 1. The largest absolute Gasteiger partial charge is 0.370 e. The van der Waals surface area contributed by atoms with Crippen LogP contribution in [0.5, 0.6) is 0 Å². The maximum Gasteiger partial charge on any atom is 0.255 e. The Morgan fingerprint density at radius 1 is 0.912 bits per heavy atom. The lowest BCUT2D eigenvalue weighted by molar-refractivity contribution is 0.102. The predicted octanol–water partition coefficient (Wildman–Crippen LogP) is 2.08. The molecular weight excluding hydrogens is 435 g/mol. The number of halogens is 1. The Bertz CT molecular complexity index is 1120. The van der Waals surface area contributed by atoms with Gasteiger partial charge in [0.05, 0.1) is 0 Å². The molecule has 1 saturated heterocycles. The highest BCUT2D eigenvalue weighted by atomic mass is 19.1. The molecule has 0 spiro atoms. The maximum atomic E-state index is 14.8. The van der Waals surface area contributed by atoms with E-state index in [1.54, 1.807) is 17.0 Å². The van der Waals surface area contributed by atoms with Gasteiger partial charge in [0.1, 0.15) is 5.82 Å². The van der Waals surface area contributed by atoms with Crippen LogP contribution in [0, 0.1) is 16.6 Å². The zero-order valence-electron chi connectivity index (χ0n) is 18.9. The Morgan fingerprint density at radius 2 is 1.59 bits per heavy atom. The molecule has 1 fully saturated rings. The van der Waals surface area contributed by atoms with Gasteiger partial charge in [0.2, 0.25) is 0 Å².